The predicted molar refractivity (Wildman–Crippen MR) is 60.7 cm³/mol. The van der Waals surface area contributed by atoms with Crippen molar-refractivity contribution in [1.29, 1.82) is 0 Å². The van der Waals surface area contributed by atoms with Crippen LogP contribution in [0.3, 0.4) is 0 Å². The molecular formula is C12H16N2O3. The summed E-state index contributed by atoms with van der Waals surface area (Å²) in [5, 5.41) is 5.05. The van der Waals surface area contributed by atoms with Crippen molar-refractivity contribution in [3.05, 3.63) is 12.2 Å². The van der Waals surface area contributed by atoms with Crippen LogP contribution in [0.25, 0.3) is 0 Å². The van der Waals surface area contributed by atoms with E-state index in [0.29, 0.717) is 0 Å². The molecule has 17 heavy (non-hydrogen) atoms. The minimum atomic E-state index is -0.494. The summed E-state index contributed by atoms with van der Waals surface area (Å²) in [4.78, 5) is 34.7. The number of nitrogens with one attached hydrogen (secondary N) is 2. The maximum Gasteiger partial charge on any atom is 0.232 e. The summed E-state index contributed by atoms with van der Waals surface area (Å²) in [6.45, 7) is 5.24. The predicted octanol–water partition coefficient (Wildman–Crippen LogP) is -0.0241. The smallest absolute Gasteiger partial charge is 0.232 e. The van der Waals surface area contributed by atoms with Crippen LogP contribution in [-0.2, 0) is 14.4 Å². The standard InChI is InChI=1S/C12H16N2O3/c1-6(15)13-7-4-5-12(2,3)9-8(7)10(16)14-11(9)17/h4-5,7-9H,1-3H3,(H,13,15)(H,14,16,17)/t7-,8-,9+/m1/s1. The van der Waals surface area contributed by atoms with Gasteiger partial charge in [0.2, 0.25) is 17.7 Å². The second kappa shape index (κ2) is 3.68. The van der Waals surface area contributed by atoms with Crippen LogP contribution in [0, 0.1) is 17.3 Å². The molecule has 5 heteroatoms. The van der Waals surface area contributed by atoms with Gasteiger partial charge in [-0.25, -0.2) is 0 Å². The number of carbonyl (C=O) groups is 3. The Morgan fingerprint density at radius 1 is 1.35 bits per heavy atom. The fraction of sp³-hybridized carbons (Fsp3) is 0.583. The molecule has 0 radical (unpaired) electrons. The number of fused-ring (bicyclic) bond motifs is 1. The first-order valence-electron chi connectivity index (χ1n) is 5.64. The van der Waals surface area contributed by atoms with Crippen molar-refractivity contribution in [2.75, 3.05) is 0 Å². The second-order valence-electron chi connectivity index (χ2n) is 5.26. The summed E-state index contributed by atoms with van der Waals surface area (Å²) in [6.07, 6.45) is 3.70. The van der Waals surface area contributed by atoms with Gasteiger partial charge in [0, 0.05) is 6.92 Å². The van der Waals surface area contributed by atoms with Crippen LogP contribution < -0.4 is 10.6 Å². The van der Waals surface area contributed by atoms with Crippen molar-refractivity contribution in [2.45, 2.75) is 26.8 Å². The second-order valence-corrected chi connectivity index (χ2v) is 5.26. The molecule has 2 aliphatic rings. The molecule has 92 valence electrons. The van der Waals surface area contributed by atoms with Crippen LogP contribution in [0.4, 0.5) is 0 Å². The van der Waals surface area contributed by atoms with Crippen molar-refractivity contribution in [3.63, 3.8) is 0 Å². The topological polar surface area (TPSA) is 75.3 Å². The number of amides is 3. The van der Waals surface area contributed by atoms with Gasteiger partial charge >= 0.3 is 0 Å². The first-order valence-corrected chi connectivity index (χ1v) is 5.64. The van der Waals surface area contributed by atoms with E-state index in [0.717, 1.165) is 0 Å². The number of imide groups is 1. The molecule has 0 unspecified atom stereocenters. The van der Waals surface area contributed by atoms with Crippen LogP contribution in [0.1, 0.15) is 20.8 Å². The Balaban J connectivity index is 2.37. The van der Waals surface area contributed by atoms with Crippen molar-refractivity contribution in [3.8, 4) is 0 Å². The van der Waals surface area contributed by atoms with Gasteiger partial charge < -0.3 is 5.32 Å². The quantitative estimate of drug-likeness (QED) is 0.496. The average Bonchev–Trinajstić information content (AvgIpc) is 2.48. The molecule has 0 bridgehead atoms. The molecule has 0 saturated carbocycles. The fourth-order valence-corrected chi connectivity index (χ4v) is 2.72. The van der Waals surface area contributed by atoms with Crippen LogP contribution in [0.2, 0.25) is 0 Å². The summed E-state index contributed by atoms with van der Waals surface area (Å²) < 4.78 is 0. The molecule has 1 aliphatic heterocycles. The van der Waals surface area contributed by atoms with E-state index in [4.69, 9.17) is 0 Å². The third-order valence-corrected chi connectivity index (χ3v) is 3.48. The van der Waals surface area contributed by atoms with Gasteiger partial charge in [-0.3, -0.25) is 19.7 Å². The highest BCUT2D eigenvalue weighted by atomic mass is 16.2. The highest BCUT2D eigenvalue weighted by molar-refractivity contribution is 6.06. The molecule has 3 atom stereocenters. The summed E-state index contributed by atoms with van der Waals surface area (Å²) >= 11 is 0. The highest BCUT2D eigenvalue weighted by Crippen LogP contribution is 2.42. The molecule has 1 saturated heterocycles. The summed E-state index contributed by atoms with van der Waals surface area (Å²) in [5.41, 5.74) is -0.365. The Morgan fingerprint density at radius 2 is 2.00 bits per heavy atom. The van der Waals surface area contributed by atoms with Gasteiger partial charge in [-0.2, -0.15) is 0 Å². The number of hydrogen-bond donors (Lipinski definition) is 2. The number of allylic oxidation sites excluding steroid dienone is 1. The van der Waals surface area contributed by atoms with E-state index >= 15 is 0 Å². The normalized spacial score (nSPS) is 34.2. The fourth-order valence-electron chi connectivity index (χ4n) is 2.72. The van der Waals surface area contributed by atoms with Crippen LogP contribution in [0.5, 0.6) is 0 Å². The van der Waals surface area contributed by atoms with E-state index in [1.165, 1.54) is 6.92 Å². The minimum Gasteiger partial charge on any atom is -0.349 e. The molecule has 1 heterocycles. The summed E-state index contributed by atoms with van der Waals surface area (Å²) in [6, 6.07) is -0.392. The molecule has 1 fully saturated rings. The minimum absolute atomic E-state index is 0.203. The Morgan fingerprint density at radius 3 is 2.59 bits per heavy atom. The van der Waals surface area contributed by atoms with Gasteiger partial charge in [-0.15, -0.1) is 0 Å². The lowest BCUT2D eigenvalue weighted by molar-refractivity contribution is -0.127. The molecule has 3 amide bonds. The third-order valence-electron chi connectivity index (χ3n) is 3.48. The van der Waals surface area contributed by atoms with Crippen molar-refractivity contribution in [2.24, 2.45) is 17.3 Å². The average molecular weight is 236 g/mol. The Labute approximate surface area is 99.6 Å². The van der Waals surface area contributed by atoms with E-state index in [1.54, 1.807) is 6.08 Å². The summed E-state index contributed by atoms with van der Waals surface area (Å²) in [5.74, 6) is -1.64. The molecule has 2 rings (SSSR count). The maximum absolute atomic E-state index is 11.8. The van der Waals surface area contributed by atoms with Crippen LogP contribution >= 0.6 is 0 Å². The van der Waals surface area contributed by atoms with E-state index in [-0.39, 0.29) is 23.1 Å². The lowest BCUT2D eigenvalue weighted by Gasteiger charge is -2.37. The first kappa shape index (κ1) is 11.8. The Bertz CT molecular complexity index is 425. The molecule has 0 spiro atoms. The number of rotatable bonds is 1. The van der Waals surface area contributed by atoms with E-state index in [1.807, 2.05) is 19.9 Å². The SMILES string of the molecule is CC(=O)N[C@@H]1C=CC(C)(C)[C@@H]2C(=O)NC(=O)[C@@H]21. The van der Waals surface area contributed by atoms with Crippen LogP contribution in [-0.4, -0.2) is 23.8 Å². The highest BCUT2D eigenvalue weighted by Gasteiger charge is 2.53. The zero-order valence-corrected chi connectivity index (χ0v) is 10.1. The van der Waals surface area contributed by atoms with E-state index in [2.05, 4.69) is 10.6 Å². The molecule has 1 aliphatic carbocycles. The molecular weight excluding hydrogens is 220 g/mol. The van der Waals surface area contributed by atoms with Crippen molar-refractivity contribution in [1.82, 2.24) is 10.6 Å². The van der Waals surface area contributed by atoms with Crippen LogP contribution in [0.15, 0.2) is 12.2 Å². The van der Waals surface area contributed by atoms with Gasteiger partial charge in [0.15, 0.2) is 0 Å². The van der Waals surface area contributed by atoms with Crippen molar-refractivity contribution >= 4 is 17.7 Å². The van der Waals surface area contributed by atoms with Gasteiger partial charge in [0.25, 0.3) is 0 Å². The molecule has 0 aromatic heterocycles. The van der Waals surface area contributed by atoms with Crippen molar-refractivity contribution < 1.29 is 14.4 Å². The zero-order chi connectivity index (χ0) is 12.8. The van der Waals surface area contributed by atoms with E-state index < -0.39 is 17.9 Å². The first-order chi connectivity index (χ1) is 7.83. The largest absolute Gasteiger partial charge is 0.349 e. The molecule has 0 aromatic carbocycles. The molecule has 5 nitrogen and oxygen atoms in total. The maximum atomic E-state index is 11.8. The molecule has 0 aromatic rings. The third kappa shape index (κ3) is 1.85. The van der Waals surface area contributed by atoms with Gasteiger partial charge in [-0.1, -0.05) is 26.0 Å². The van der Waals surface area contributed by atoms with E-state index in [9.17, 15) is 14.4 Å². The molecule has 2 N–H and O–H groups in total. The Kier molecular flexibility index (Phi) is 2.56. The lowest BCUT2D eigenvalue weighted by atomic mass is 9.66. The number of carbonyl (C=O) groups excluding carboxylic acids is 3. The number of hydrogen-bond acceptors (Lipinski definition) is 3. The van der Waals surface area contributed by atoms with Gasteiger partial charge in [0.1, 0.15) is 0 Å². The summed E-state index contributed by atoms with van der Waals surface area (Å²) in [7, 11) is 0. The Hall–Kier alpha value is -1.65. The van der Waals surface area contributed by atoms with Gasteiger partial charge in [-0.05, 0) is 5.41 Å². The zero-order valence-electron chi connectivity index (χ0n) is 10.1. The monoisotopic (exact) mass is 236 g/mol. The van der Waals surface area contributed by atoms with Gasteiger partial charge in [0.05, 0.1) is 17.9 Å². The lowest BCUT2D eigenvalue weighted by Crippen LogP contribution is -2.48.